The summed E-state index contributed by atoms with van der Waals surface area (Å²) in [5, 5.41) is 0. The maximum Gasteiger partial charge on any atom is 0.398 e. The minimum Gasteiger partial charge on any atom is -0.366 e. The fourth-order valence-corrected chi connectivity index (χ4v) is 2.36. The van der Waals surface area contributed by atoms with Crippen LogP contribution in [-0.4, -0.2) is 12.1 Å². The van der Waals surface area contributed by atoms with Gasteiger partial charge in [-0.3, -0.25) is 4.79 Å². The number of primary amides is 1. The van der Waals surface area contributed by atoms with E-state index >= 15 is 0 Å². The van der Waals surface area contributed by atoms with E-state index in [2.05, 4.69) is 15.9 Å². The third-order valence-electron chi connectivity index (χ3n) is 3.03. The molecule has 0 aliphatic heterocycles. The lowest BCUT2D eigenvalue weighted by molar-refractivity contribution is -0.160. The van der Waals surface area contributed by atoms with E-state index in [-0.39, 0.29) is 24.0 Å². The Morgan fingerprint density at radius 3 is 2.29 bits per heavy atom. The summed E-state index contributed by atoms with van der Waals surface area (Å²) in [5.74, 6) is -0.731. The molecule has 2 N–H and O–H groups in total. The summed E-state index contributed by atoms with van der Waals surface area (Å²) in [6.45, 7) is 0. The maximum atomic E-state index is 12.9. The SMILES string of the molecule is NC(=O)c1cc(Br)cc(C2(C(F)(F)F)CC2)c1. The molecule has 0 saturated heterocycles. The first-order valence-corrected chi connectivity index (χ1v) is 5.73. The van der Waals surface area contributed by atoms with Crippen LogP contribution in [0.2, 0.25) is 0 Å². The molecular weight excluding hydrogens is 299 g/mol. The van der Waals surface area contributed by atoms with Crippen molar-refractivity contribution in [3.8, 4) is 0 Å². The van der Waals surface area contributed by atoms with Gasteiger partial charge in [-0.1, -0.05) is 15.9 Å². The van der Waals surface area contributed by atoms with Crippen LogP contribution in [-0.2, 0) is 5.41 Å². The number of nitrogens with two attached hydrogens (primary N) is 1. The predicted octanol–water partition coefficient (Wildman–Crippen LogP) is 3.14. The third kappa shape index (κ3) is 2.06. The van der Waals surface area contributed by atoms with Crippen LogP contribution >= 0.6 is 15.9 Å². The zero-order valence-corrected chi connectivity index (χ0v) is 10.2. The van der Waals surface area contributed by atoms with E-state index in [1.807, 2.05) is 0 Å². The van der Waals surface area contributed by atoms with Gasteiger partial charge in [-0.2, -0.15) is 13.2 Å². The average molecular weight is 308 g/mol. The fourth-order valence-electron chi connectivity index (χ4n) is 1.87. The Labute approximate surface area is 104 Å². The highest BCUT2D eigenvalue weighted by Gasteiger charge is 2.64. The van der Waals surface area contributed by atoms with Gasteiger partial charge >= 0.3 is 6.18 Å². The van der Waals surface area contributed by atoms with Crippen LogP contribution in [0, 0.1) is 0 Å². The van der Waals surface area contributed by atoms with Crippen molar-refractivity contribution in [3.05, 3.63) is 33.8 Å². The quantitative estimate of drug-likeness (QED) is 0.896. The van der Waals surface area contributed by atoms with Crippen LogP contribution in [0.25, 0.3) is 0 Å². The molecule has 1 aromatic rings. The van der Waals surface area contributed by atoms with Crippen molar-refractivity contribution in [2.45, 2.75) is 24.4 Å². The molecule has 1 aliphatic rings. The highest BCUT2D eigenvalue weighted by atomic mass is 79.9. The number of carbonyl (C=O) groups is 1. The molecule has 0 bridgehead atoms. The summed E-state index contributed by atoms with van der Waals surface area (Å²) in [6, 6.07) is 4.04. The van der Waals surface area contributed by atoms with Gasteiger partial charge in [-0.25, -0.2) is 0 Å². The summed E-state index contributed by atoms with van der Waals surface area (Å²) in [4.78, 5) is 11.0. The molecule has 0 spiro atoms. The number of hydrogen-bond acceptors (Lipinski definition) is 1. The molecule has 0 atom stereocenters. The first kappa shape index (κ1) is 12.4. The lowest BCUT2D eigenvalue weighted by atomic mass is 9.93. The molecule has 1 saturated carbocycles. The Morgan fingerprint density at radius 2 is 1.88 bits per heavy atom. The van der Waals surface area contributed by atoms with E-state index in [4.69, 9.17) is 5.73 Å². The number of hydrogen-bond donors (Lipinski definition) is 1. The first-order chi connectivity index (χ1) is 7.76. The van der Waals surface area contributed by atoms with E-state index in [1.165, 1.54) is 18.2 Å². The molecule has 0 unspecified atom stereocenters. The van der Waals surface area contributed by atoms with Crippen LogP contribution in [0.3, 0.4) is 0 Å². The normalized spacial score (nSPS) is 17.9. The van der Waals surface area contributed by atoms with Crippen molar-refractivity contribution >= 4 is 21.8 Å². The maximum absolute atomic E-state index is 12.9. The summed E-state index contributed by atoms with van der Waals surface area (Å²) in [7, 11) is 0. The first-order valence-electron chi connectivity index (χ1n) is 4.94. The van der Waals surface area contributed by atoms with E-state index in [0.29, 0.717) is 4.47 Å². The zero-order valence-electron chi connectivity index (χ0n) is 8.64. The second-order valence-electron chi connectivity index (χ2n) is 4.17. The molecule has 92 valence electrons. The molecule has 6 heteroatoms. The van der Waals surface area contributed by atoms with Crippen LogP contribution in [0.4, 0.5) is 13.2 Å². The van der Waals surface area contributed by atoms with Gasteiger partial charge in [0.25, 0.3) is 0 Å². The van der Waals surface area contributed by atoms with Crippen molar-refractivity contribution in [3.63, 3.8) is 0 Å². The summed E-state index contributed by atoms with van der Waals surface area (Å²) in [5.41, 5.74) is 3.49. The van der Waals surface area contributed by atoms with Gasteiger partial charge in [-0.15, -0.1) is 0 Å². The number of halogens is 4. The molecule has 0 aromatic heterocycles. The molecule has 2 rings (SSSR count). The van der Waals surface area contributed by atoms with Gasteiger partial charge in [0.2, 0.25) is 5.91 Å². The molecule has 1 aromatic carbocycles. The van der Waals surface area contributed by atoms with Gasteiger partial charge in [0, 0.05) is 10.0 Å². The minimum absolute atomic E-state index is 0.0607. The van der Waals surface area contributed by atoms with Crippen LogP contribution in [0.1, 0.15) is 28.8 Å². The fraction of sp³-hybridized carbons (Fsp3) is 0.364. The van der Waals surface area contributed by atoms with Crippen LogP contribution in [0.15, 0.2) is 22.7 Å². The molecule has 1 fully saturated rings. The number of carbonyl (C=O) groups excluding carboxylic acids is 1. The molecule has 2 nitrogen and oxygen atoms in total. The van der Waals surface area contributed by atoms with Crippen molar-refractivity contribution in [1.29, 1.82) is 0 Å². The second-order valence-corrected chi connectivity index (χ2v) is 5.09. The third-order valence-corrected chi connectivity index (χ3v) is 3.49. The molecular formula is C11H9BrF3NO. The van der Waals surface area contributed by atoms with Crippen molar-refractivity contribution in [1.82, 2.24) is 0 Å². The Bertz CT molecular complexity index is 480. The van der Waals surface area contributed by atoms with Crippen molar-refractivity contribution in [2.24, 2.45) is 5.73 Å². The Morgan fingerprint density at radius 1 is 1.29 bits per heavy atom. The largest absolute Gasteiger partial charge is 0.398 e. The monoisotopic (exact) mass is 307 g/mol. The highest BCUT2D eigenvalue weighted by Crippen LogP contribution is 2.59. The minimum atomic E-state index is -4.29. The van der Waals surface area contributed by atoms with E-state index in [9.17, 15) is 18.0 Å². The van der Waals surface area contributed by atoms with Crippen LogP contribution in [0.5, 0.6) is 0 Å². The summed E-state index contributed by atoms with van der Waals surface area (Å²) < 4.78 is 39.2. The van der Waals surface area contributed by atoms with E-state index in [1.54, 1.807) is 0 Å². The summed E-state index contributed by atoms with van der Waals surface area (Å²) >= 11 is 3.09. The molecule has 1 amide bonds. The molecule has 17 heavy (non-hydrogen) atoms. The number of rotatable bonds is 2. The number of amides is 1. The second kappa shape index (κ2) is 3.73. The van der Waals surface area contributed by atoms with Gasteiger partial charge in [0.05, 0.1) is 5.41 Å². The topological polar surface area (TPSA) is 43.1 Å². The van der Waals surface area contributed by atoms with Crippen LogP contribution < -0.4 is 5.73 Å². The number of alkyl halides is 3. The van der Waals surface area contributed by atoms with Gasteiger partial charge in [0.15, 0.2) is 0 Å². The Hall–Kier alpha value is -1.04. The Balaban J connectivity index is 2.50. The number of benzene rings is 1. The van der Waals surface area contributed by atoms with E-state index in [0.717, 1.165) is 0 Å². The highest BCUT2D eigenvalue weighted by molar-refractivity contribution is 9.10. The van der Waals surface area contributed by atoms with Gasteiger partial charge < -0.3 is 5.73 Å². The van der Waals surface area contributed by atoms with Gasteiger partial charge in [-0.05, 0) is 36.6 Å². The lowest BCUT2D eigenvalue weighted by Crippen LogP contribution is -2.29. The van der Waals surface area contributed by atoms with Gasteiger partial charge in [0.1, 0.15) is 0 Å². The van der Waals surface area contributed by atoms with Crippen molar-refractivity contribution in [2.75, 3.05) is 0 Å². The lowest BCUT2D eigenvalue weighted by Gasteiger charge is -2.20. The molecule has 1 aliphatic carbocycles. The van der Waals surface area contributed by atoms with Crippen molar-refractivity contribution < 1.29 is 18.0 Å². The summed E-state index contributed by atoms with van der Waals surface area (Å²) in [6.07, 6.45) is -4.17. The Kier molecular flexibility index (Phi) is 2.72. The zero-order chi connectivity index (χ0) is 12.8. The average Bonchev–Trinajstić information content (AvgIpc) is 2.95. The molecule has 0 radical (unpaired) electrons. The predicted molar refractivity (Wildman–Crippen MR) is 59.6 cm³/mol. The van der Waals surface area contributed by atoms with E-state index < -0.39 is 17.5 Å². The standard InChI is InChI=1S/C11H9BrF3NO/c12-8-4-6(9(16)17)3-7(5-8)10(1-2-10)11(13,14)15/h3-5H,1-2H2,(H2,16,17). The smallest absolute Gasteiger partial charge is 0.366 e. The molecule has 0 heterocycles.